The normalized spacial score (nSPS) is 11.0. The van der Waals surface area contributed by atoms with Gasteiger partial charge in [-0.15, -0.1) is 0 Å². The van der Waals surface area contributed by atoms with Gasteiger partial charge in [-0.1, -0.05) is 59.6 Å². The van der Waals surface area contributed by atoms with Crippen LogP contribution >= 0.6 is 23.2 Å². The molecular weight excluding hydrogens is 333 g/mol. The van der Waals surface area contributed by atoms with Crippen molar-refractivity contribution in [3.8, 4) is 11.5 Å². The van der Waals surface area contributed by atoms with Crippen LogP contribution < -0.4 is 5.63 Å². The molecular formula is C18H11Cl2NO2. The predicted octanol–water partition coefficient (Wildman–Crippen LogP) is 5.18. The summed E-state index contributed by atoms with van der Waals surface area (Å²) < 4.78 is 5.15. The van der Waals surface area contributed by atoms with Gasteiger partial charge in [0.1, 0.15) is 0 Å². The average molecular weight is 344 g/mol. The van der Waals surface area contributed by atoms with E-state index in [1.165, 1.54) is 6.07 Å². The lowest BCUT2D eigenvalue weighted by Gasteiger charge is -2.03. The molecule has 0 unspecified atom stereocenters. The Bertz CT molecular complexity index is 918. The molecule has 0 aliphatic rings. The molecule has 0 radical (unpaired) electrons. The van der Waals surface area contributed by atoms with Crippen molar-refractivity contribution in [1.82, 2.24) is 4.98 Å². The van der Waals surface area contributed by atoms with E-state index in [2.05, 4.69) is 4.98 Å². The largest absolute Gasteiger partial charge is 0.403 e. The van der Waals surface area contributed by atoms with Gasteiger partial charge >= 0.3 is 5.63 Å². The van der Waals surface area contributed by atoms with Crippen LogP contribution in [0, 0.1) is 0 Å². The Morgan fingerprint density at radius 3 is 2.48 bits per heavy atom. The Morgan fingerprint density at radius 2 is 1.74 bits per heavy atom. The lowest BCUT2D eigenvalue weighted by Crippen LogP contribution is -2.02. The zero-order chi connectivity index (χ0) is 16.2. The fraction of sp³-hybridized carbons (Fsp3) is 0. The first-order valence-electron chi connectivity index (χ1n) is 6.82. The molecule has 0 fully saturated rings. The van der Waals surface area contributed by atoms with Gasteiger partial charge in [-0.2, -0.15) is 0 Å². The molecule has 3 rings (SSSR count). The van der Waals surface area contributed by atoms with E-state index in [1.807, 2.05) is 36.4 Å². The predicted molar refractivity (Wildman–Crippen MR) is 93.6 cm³/mol. The molecule has 3 nitrogen and oxygen atoms in total. The lowest BCUT2D eigenvalue weighted by molar-refractivity contribution is 0.506. The third kappa shape index (κ3) is 3.89. The number of halogens is 2. The SMILES string of the molecule is O=c1cc(C=Cc2ccccc2)nc(-c2ccc(Cl)cc2Cl)o1. The van der Waals surface area contributed by atoms with Gasteiger partial charge in [-0.05, 0) is 29.8 Å². The highest BCUT2D eigenvalue weighted by atomic mass is 35.5. The third-order valence-corrected chi connectivity index (χ3v) is 3.65. The topological polar surface area (TPSA) is 43.1 Å². The van der Waals surface area contributed by atoms with Crippen LogP contribution in [0.5, 0.6) is 0 Å². The molecule has 0 saturated carbocycles. The van der Waals surface area contributed by atoms with Crippen molar-refractivity contribution < 1.29 is 4.42 Å². The molecule has 1 aromatic heterocycles. The Morgan fingerprint density at radius 1 is 0.957 bits per heavy atom. The zero-order valence-corrected chi connectivity index (χ0v) is 13.4. The molecule has 0 N–H and O–H groups in total. The van der Waals surface area contributed by atoms with Crippen LogP contribution in [0.2, 0.25) is 10.0 Å². The van der Waals surface area contributed by atoms with Gasteiger partial charge in [0.15, 0.2) is 0 Å². The Labute approximate surface area is 142 Å². The summed E-state index contributed by atoms with van der Waals surface area (Å²) in [5, 5.41) is 0.874. The molecule has 5 heteroatoms. The number of aromatic nitrogens is 1. The molecule has 0 atom stereocenters. The molecule has 3 aromatic rings. The number of nitrogens with zero attached hydrogens (tertiary/aromatic N) is 1. The van der Waals surface area contributed by atoms with Gasteiger partial charge in [-0.3, -0.25) is 0 Å². The van der Waals surface area contributed by atoms with Crippen molar-refractivity contribution in [3.63, 3.8) is 0 Å². The van der Waals surface area contributed by atoms with E-state index in [1.54, 1.807) is 24.3 Å². The standard InChI is InChI=1S/C18H11Cl2NO2/c19-13-7-9-15(16(20)10-13)18-21-14(11-17(22)23-18)8-6-12-4-2-1-3-5-12/h1-11H. The first-order valence-corrected chi connectivity index (χ1v) is 7.58. The molecule has 114 valence electrons. The highest BCUT2D eigenvalue weighted by molar-refractivity contribution is 6.36. The van der Waals surface area contributed by atoms with E-state index in [-0.39, 0.29) is 5.89 Å². The van der Waals surface area contributed by atoms with Crippen LogP contribution in [0.25, 0.3) is 23.6 Å². The summed E-state index contributed by atoms with van der Waals surface area (Å²) >= 11 is 12.0. The highest BCUT2D eigenvalue weighted by Gasteiger charge is 2.10. The Kier molecular flexibility index (Phi) is 4.60. The first-order chi connectivity index (χ1) is 11.1. The van der Waals surface area contributed by atoms with E-state index < -0.39 is 5.63 Å². The zero-order valence-electron chi connectivity index (χ0n) is 11.9. The molecule has 0 amide bonds. The van der Waals surface area contributed by atoms with Gasteiger partial charge in [0.2, 0.25) is 5.89 Å². The molecule has 23 heavy (non-hydrogen) atoms. The smallest absolute Gasteiger partial charge is 0.339 e. The third-order valence-electron chi connectivity index (χ3n) is 3.10. The second-order valence-corrected chi connectivity index (χ2v) is 5.62. The molecule has 0 aliphatic carbocycles. The fourth-order valence-electron chi connectivity index (χ4n) is 2.03. The number of hydrogen-bond donors (Lipinski definition) is 0. The number of rotatable bonds is 3. The van der Waals surface area contributed by atoms with Crippen molar-refractivity contribution in [1.29, 1.82) is 0 Å². The van der Waals surface area contributed by atoms with Crippen LogP contribution in [0.15, 0.2) is 63.8 Å². The van der Waals surface area contributed by atoms with Crippen molar-refractivity contribution in [2.75, 3.05) is 0 Å². The fourth-order valence-corrected chi connectivity index (χ4v) is 2.52. The van der Waals surface area contributed by atoms with Gasteiger partial charge < -0.3 is 4.42 Å². The molecule has 1 heterocycles. The van der Waals surface area contributed by atoms with Crippen LogP contribution in [-0.2, 0) is 0 Å². The summed E-state index contributed by atoms with van der Waals surface area (Å²) in [5.74, 6) is 0.159. The van der Waals surface area contributed by atoms with Crippen molar-refractivity contribution >= 4 is 35.4 Å². The van der Waals surface area contributed by atoms with Crippen LogP contribution in [0.4, 0.5) is 0 Å². The summed E-state index contributed by atoms with van der Waals surface area (Å²) in [6, 6.07) is 16.0. The maximum Gasteiger partial charge on any atom is 0.339 e. The maximum absolute atomic E-state index is 11.8. The number of hydrogen-bond acceptors (Lipinski definition) is 3. The Balaban J connectivity index is 1.99. The van der Waals surface area contributed by atoms with Crippen LogP contribution in [0.1, 0.15) is 11.3 Å². The maximum atomic E-state index is 11.8. The van der Waals surface area contributed by atoms with Crippen LogP contribution in [0.3, 0.4) is 0 Å². The lowest BCUT2D eigenvalue weighted by atomic mass is 10.2. The van der Waals surface area contributed by atoms with Gasteiger partial charge in [0.05, 0.1) is 16.3 Å². The van der Waals surface area contributed by atoms with Gasteiger partial charge in [0.25, 0.3) is 0 Å². The second kappa shape index (κ2) is 6.82. The monoisotopic (exact) mass is 343 g/mol. The molecule has 0 bridgehead atoms. The van der Waals surface area contributed by atoms with Crippen molar-refractivity contribution in [2.24, 2.45) is 0 Å². The molecule has 0 saturated heterocycles. The Hall–Kier alpha value is -2.36. The summed E-state index contributed by atoms with van der Waals surface area (Å²) in [6.45, 7) is 0. The summed E-state index contributed by atoms with van der Waals surface area (Å²) in [5.41, 5.74) is 1.52. The highest BCUT2D eigenvalue weighted by Crippen LogP contribution is 2.28. The van der Waals surface area contributed by atoms with Crippen molar-refractivity contribution in [3.05, 3.63) is 86.3 Å². The van der Waals surface area contributed by atoms with Gasteiger partial charge in [-0.25, -0.2) is 9.78 Å². The van der Waals surface area contributed by atoms with E-state index in [0.29, 0.717) is 21.3 Å². The molecule has 0 spiro atoms. The summed E-state index contributed by atoms with van der Waals surface area (Å²) in [6.07, 6.45) is 3.62. The summed E-state index contributed by atoms with van der Waals surface area (Å²) in [7, 11) is 0. The first kappa shape index (κ1) is 15.5. The minimum Gasteiger partial charge on any atom is -0.403 e. The van der Waals surface area contributed by atoms with E-state index in [9.17, 15) is 4.79 Å². The second-order valence-electron chi connectivity index (χ2n) is 4.78. The average Bonchev–Trinajstić information content (AvgIpc) is 2.53. The minimum atomic E-state index is -0.492. The van der Waals surface area contributed by atoms with E-state index >= 15 is 0 Å². The van der Waals surface area contributed by atoms with Crippen molar-refractivity contribution in [2.45, 2.75) is 0 Å². The molecule has 0 aliphatic heterocycles. The van der Waals surface area contributed by atoms with E-state index in [0.717, 1.165) is 5.56 Å². The molecule has 2 aromatic carbocycles. The minimum absolute atomic E-state index is 0.159. The summed E-state index contributed by atoms with van der Waals surface area (Å²) in [4.78, 5) is 16.1. The van der Waals surface area contributed by atoms with Crippen LogP contribution in [-0.4, -0.2) is 4.98 Å². The quantitative estimate of drug-likeness (QED) is 0.658. The van der Waals surface area contributed by atoms with Gasteiger partial charge in [0, 0.05) is 11.1 Å². The van der Waals surface area contributed by atoms with E-state index in [4.69, 9.17) is 27.6 Å². The number of benzene rings is 2.